The fourth-order valence-corrected chi connectivity index (χ4v) is 2.39. The summed E-state index contributed by atoms with van der Waals surface area (Å²) in [7, 11) is 0. The first-order valence-electron chi connectivity index (χ1n) is 7.05. The second-order valence-corrected chi connectivity index (χ2v) is 5.75. The van der Waals surface area contributed by atoms with Crippen LogP contribution in [-0.2, 0) is 6.18 Å². The highest BCUT2D eigenvalue weighted by Gasteiger charge is 2.34. The van der Waals surface area contributed by atoms with Crippen molar-refractivity contribution in [3.8, 4) is 11.5 Å². The fraction of sp³-hybridized carbons (Fsp3) is 0.235. The number of rotatable bonds is 3. The van der Waals surface area contributed by atoms with Gasteiger partial charge in [0.05, 0.1) is 22.1 Å². The number of alkyl halides is 3. The number of ether oxygens (including phenoxy) is 1. The summed E-state index contributed by atoms with van der Waals surface area (Å²) >= 11 is 5.85. The van der Waals surface area contributed by atoms with Crippen LogP contribution >= 0.6 is 11.6 Å². The summed E-state index contributed by atoms with van der Waals surface area (Å²) in [4.78, 5) is 4.20. The Labute approximate surface area is 142 Å². The zero-order valence-electron chi connectivity index (χ0n) is 13.3. The first kappa shape index (κ1) is 18.1. The number of aryl methyl sites for hydroxylation is 2. The zero-order chi connectivity index (χ0) is 18.1. The summed E-state index contributed by atoms with van der Waals surface area (Å²) in [5.41, 5.74) is 6.80. The average molecular weight is 357 g/mol. The van der Waals surface area contributed by atoms with E-state index in [1.165, 1.54) is 12.1 Å². The Balaban J connectivity index is 2.43. The maximum atomic E-state index is 12.9. The largest absolute Gasteiger partial charge is 0.456 e. The Kier molecular flexibility index (Phi) is 5.08. The van der Waals surface area contributed by atoms with E-state index in [0.29, 0.717) is 22.8 Å². The van der Waals surface area contributed by atoms with Crippen molar-refractivity contribution in [2.75, 3.05) is 0 Å². The third-order valence-electron chi connectivity index (χ3n) is 3.28. The Morgan fingerprint density at radius 1 is 1.12 bits per heavy atom. The van der Waals surface area contributed by atoms with Crippen LogP contribution in [0.25, 0.3) is 0 Å². The third-order valence-corrected chi connectivity index (χ3v) is 3.67. The molecular weight excluding hydrogens is 341 g/mol. The van der Waals surface area contributed by atoms with E-state index in [9.17, 15) is 13.2 Å². The summed E-state index contributed by atoms with van der Waals surface area (Å²) in [6, 6.07) is 7.00. The van der Waals surface area contributed by atoms with Crippen molar-refractivity contribution in [2.45, 2.75) is 26.9 Å². The summed E-state index contributed by atoms with van der Waals surface area (Å²) in [5, 5.41) is -0.470. The number of aliphatic imine (C=N–C) groups is 1. The normalized spacial score (nSPS) is 12.4. The molecule has 0 aromatic heterocycles. The maximum Gasteiger partial charge on any atom is 0.417 e. The van der Waals surface area contributed by atoms with E-state index >= 15 is 0 Å². The Hall–Kier alpha value is -2.21. The molecule has 0 atom stereocenters. The van der Waals surface area contributed by atoms with Gasteiger partial charge in [0.25, 0.3) is 0 Å². The fourth-order valence-electron chi connectivity index (χ4n) is 2.12. The van der Waals surface area contributed by atoms with Crippen molar-refractivity contribution in [1.29, 1.82) is 0 Å². The number of hydrogen-bond acceptors (Lipinski definition) is 2. The van der Waals surface area contributed by atoms with E-state index in [0.717, 1.165) is 11.6 Å². The summed E-state index contributed by atoms with van der Waals surface area (Å²) in [6.45, 7) is 5.24. The van der Waals surface area contributed by atoms with Crippen LogP contribution in [0.2, 0.25) is 5.02 Å². The predicted octanol–water partition coefficient (Wildman–Crippen LogP) is 5.78. The molecule has 0 spiro atoms. The van der Waals surface area contributed by atoms with Crippen LogP contribution in [0.1, 0.15) is 23.6 Å². The number of amidine groups is 1. The molecule has 0 aliphatic heterocycles. The van der Waals surface area contributed by atoms with E-state index in [-0.39, 0.29) is 5.75 Å². The Morgan fingerprint density at radius 3 is 2.38 bits per heavy atom. The second kappa shape index (κ2) is 6.73. The highest BCUT2D eigenvalue weighted by molar-refractivity contribution is 6.32. The molecule has 0 saturated heterocycles. The van der Waals surface area contributed by atoms with E-state index in [1.807, 2.05) is 6.92 Å². The lowest BCUT2D eigenvalue weighted by molar-refractivity contribution is -0.137. The molecule has 2 aromatic rings. The molecule has 24 heavy (non-hydrogen) atoms. The van der Waals surface area contributed by atoms with Gasteiger partial charge in [0.2, 0.25) is 0 Å². The van der Waals surface area contributed by atoms with Crippen LogP contribution < -0.4 is 10.5 Å². The number of benzene rings is 2. The van der Waals surface area contributed by atoms with Gasteiger partial charge in [0.15, 0.2) is 0 Å². The average Bonchev–Trinajstić information content (AvgIpc) is 2.44. The van der Waals surface area contributed by atoms with Gasteiger partial charge in [0.1, 0.15) is 11.5 Å². The molecule has 0 heterocycles. The Morgan fingerprint density at radius 2 is 1.79 bits per heavy atom. The molecule has 7 heteroatoms. The Bertz CT molecular complexity index is 797. The number of nitrogens with zero attached hydrogens (tertiary/aromatic N) is 1. The molecule has 0 fully saturated rings. The van der Waals surface area contributed by atoms with Gasteiger partial charge >= 0.3 is 6.18 Å². The molecule has 3 nitrogen and oxygen atoms in total. The molecule has 0 radical (unpaired) electrons. The highest BCUT2D eigenvalue weighted by atomic mass is 35.5. The minimum Gasteiger partial charge on any atom is -0.456 e. The smallest absolute Gasteiger partial charge is 0.417 e. The van der Waals surface area contributed by atoms with E-state index in [2.05, 4.69) is 4.99 Å². The molecule has 2 N–H and O–H groups in total. The van der Waals surface area contributed by atoms with Crippen molar-refractivity contribution < 1.29 is 17.9 Å². The monoisotopic (exact) mass is 356 g/mol. The summed E-state index contributed by atoms with van der Waals surface area (Å²) in [5.74, 6) is 0.759. The van der Waals surface area contributed by atoms with Gasteiger partial charge in [-0.15, -0.1) is 0 Å². The third kappa shape index (κ3) is 4.00. The number of halogens is 4. The molecule has 128 valence electrons. The lowest BCUT2D eigenvalue weighted by Crippen LogP contribution is -2.06. The number of hydrogen-bond donors (Lipinski definition) is 1. The first-order valence-corrected chi connectivity index (χ1v) is 7.43. The lowest BCUT2D eigenvalue weighted by atomic mass is 10.1. The van der Waals surface area contributed by atoms with Crippen LogP contribution in [-0.4, -0.2) is 5.84 Å². The van der Waals surface area contributed by atoms with Crippen LogP contribution in [0.4, 0.5) is 18.9 Å². The summed E-state index contributed by atoms with van der Waals surface area (Å²) < 4.78 is 44.4. The quantitative estimate of drug-likeness (QED) is 0.560. The van der Waals surface area contributed by atoms with Gasteiger partial charge < -0.3 is 10.5 Å². The molecule has 0 amide bonds. The van der Waals surface area contributed by atoms with Gasteiger partial charge in [-0.05, 0) is 56.2 Å². The maximum absolute atomic E-state index is 12.9. The van der Waals surface area contributed by atoms with Crippen LogP contribution in [0.5, 0.6) is 11.5 Å². The van der Waals surface area contributed by atoms with E-state index in [1.54, 1.807) is 26.0 Å². The van der Waals surface area contributed by atoms with Crippen LogP contribution in [0, 0.1) is 13.8 Å². The van der Waals surface area contributed by atoms with Crippen molar-refractivity contribution in [3.05, 3.63) is 52.0 Å². The van der Waals surface area contributed by atoms with Crippen molar-refractivity contribution in [2.24, 2.45) is 10.7 Å². The van der Waals surface area contributed by atoms with Gasteiger partial charge in [-0.25, -0.2) is 4.99 Å². The molecule has 0 saturated carbocycles. The van der Waals surface area contributed by atoms with Crippen molar-refractivity contribution in [3.63, 3.8) is 0 Å². The van der Waals surface area contributed by atoms with Crippen LogP contribution in [0.15, 0.2) is 35.3 Å². The number of nitrogens with two attached hydrogens (primary N) is 1. The van der Waals surface area contributed by atoms with Crippen LogP contribution in [0.3, 0.4) is 0 Å². The van der Waals surface area contributed by atoms with Crippen molar-refractivity contribution in [1.82, 2.24) is 0 Å². The molecule has 2 aromatic carbocycles. The molecule has 0 bridgehead atoms. The van der Waals surface area contributed by atoms with Gasteiger partial charge in [-0.2, -0.15) is 13.2 Å². The molecule has 0 aliphatic carbocycles. The zero-order valence-corrected chi connectivity index (χ0v) is 14.1. The van der Waals surface area contributed by atoms with Gasteiger partial charge in [-0.3, -0.25) is 0 Å². The topological polar surface area (TPSA) is 47.6 Å². The van der Waals surface area contributed by atoms with E-state index < -0.39 is 16.8 Å². The minimum atomic E-state index is -4.54. The van der Waals surface area contributed by atoms with E-state index in [4.69, 9.17) is 22.1 Å². The molecule has 2 rings (SSSR count). The molecule has 0 aliphatic rings. The molecule has 0 unspecified atom stereocenters. The molecular formula is C17H16ClF3N2O. The first-order chi connectivity index (χ1) is 11.1. The van der Waals surface area contributed by atoms with Gasteiger partial charge in [0, 0.05) is 0 Å². The predicted molar refractivity (Wildman–Crippen MR) is 89.4 cm³/mol. The summed E-state index contributed by atoms with van der Waals surface area (Å²) in [6.07, 6.45) is -4.54. The second-order valence-electron chi connectivity index (χ2n) is 5.37. The van der Waals surface area contributed by atoms with Crippen molar-refractivity contribution >= 4 is 23.1 Å². The lowest BCUT2D eigenvalue weighted by Gasteiger charge is -2.15. The van der Waals surface area contributed by atoms with Gasteiger partial charge in [-0.1, -0.05) is 17.7 Å². The highest BCUT2D eigenvalue weighted by Crippen LogP contribution is 2.41. The SMILES string of the molecule is CC(N)=Nc1cc(C)c(Oc2cccc(C(F)(F)F)c2Cl)cc1C. The minimum absolute atomic E-state index is 0.0553. The standard InChI is InChI=1S/C17H16ClF3N2O/c1-9-8-15(10(2)7-13(9)23-11(3)22)24-14-6-4-5-12(16(14)18)17(19,20)21/h4-8H,1-3H3,(H2,22,23).